The van der Waals surface area contributed by atoms with Crippen LogP contribution in [0.2, 0.25) is 5.02 Å². The molecule has 1 aliphatic carbocycles. The number of aromatic nitrogens is 2. The van der Waals surface area contributed by atoms with Crippen LogP contribution in [0, 0.1) is 5.92 Å². The summed E-state index contributed by atoms with van der Waals surface area (Å²) in [5, 5.41) is 4.99. The topological polar surface area (TPSA) is 53.1 Å². The molecule has 0 radical (unpaired) electrons. The minimum absolute atomic E-state index is 0.0371. The van der Waals surface area contributed by atoms with E-state index in [4.69, 9.17) is 22.1 Å². The minimum Gasteiger partial charge on any atom is -0.378 e. The average molecular weight is 286 g/mol. The molecule has 0 bridgehead atoms. The van der Waals surface area contributed by atoms with Crippen molar-refractivity contribution >= 4 is 11.6 Å². The smallest absolute Gasteiger partial charge is 0.0834 e. The van der Waals surface area contributed by atoms with Crippen molar-refractivity contribution in [3.8, 4) is 0 Å². The molecule has 1 unspecified atom stereocenters. The lowest BCUT2D eigenvalue weighted by atomic mass is 9.78. The number of hydrogen-bond acceptors (Lipinski definition) is 3. The van der Waals surface area contributed by atoms with E-state index in [1.165, 1.54) is 0 Å². The summed E-state index contributed by atoms with van der Waals surface area (Å²) in [7, 11) is 0. The van der Waals surface area contributed by atoms with E-state index in [0.29, 0.717) is 17.0 Å². The lowest BCUT2D eigenvalue weighted by Crippen LogP contribution is -2.34. The number of ether oxygens (including phenoxy) is 1. The molecular formula is C14H24ClN3O. The fourth-order valence-electron chi connectivity index (χ4n) is 2.82. The third-order valence-electron chi connectivity index (χ3n) is 3.81. The van der Waals surface area contributed by atoms with Crippen LogP contribution in [0.3, 0.4) is 0 Å². The van der Waals surface area contributed by atoms with Crippen LogP contribution in [0.5, 0.6) is 0 Å². The number of hydrogen-bond donors (Lipinski definition) is 1. The second-order valence-electron chi connectivity index (χ2n) is 5.67. The van der Waals surface area contributed by atoms with Crippen LogP contribution in [0.1, 0.15) is 57.8 Å². The largest absolute Gasteiger partial charge is 0.378 e. The molecule has 19 heavy (non-hydrogen) atoms. The molecule has 2 N–H and O–H groups in total. The Hall–Kier alpha value is -0.580. The first kappa shape index (κ1) is 14.8. The van der Waals surface area contributed by atoms with E-state index < -0.39 is 0 Å². The van der Waals surface area contributed by atoms with Crippen molar-refractivity contribution in [1.29, 1.82) is 0 Å². The Morgan fingerprint density at radius 3 is 2.79 bits per heavy atom. The quantitative estimate of drug-likeness (QED) is 0.872. The molecule has 108 valence electrons. The molecule has 1 aromatic rings. The summed E-state index contributed by atoms with van der Waals surface area (Å²) in [4.78, 5) is 0. The normalized spacial score (nSPS) is 24.5. The van der Waals surface area contributed by atoms with Gasteiger partial charge in [-0.1, -0.05) is 11.6 Å². The molecule has 4 nitrogen and oxygen atoms in total. The maximum absolute atomic E-state index is 6.32. The molecule has 1 atom stereocenters. The number of rotatable bonds is 6. The van der Waals surface area contributed by atoms with Gasteiger partial charge in [-0.25, -0.2) is 0 Å². The zero-order valence-corrected chi connectivity index (χ0v) is 12.7. The Bertz CT molecular complexity index is 413. The summed E-state index contributed by atoms with van der Waals surface area (Å²) in [6.07, 6.45) is 5.33. The summed E-state index contributed by atoms with van der Waals surface area (Å²) in [6.45, 7) is 7.03. The lowest BCUT2D eigenvalue weighted by Gasteiger charge is -2.36. The van der Waals surface area contributed by atoms with Gasteiger partial charge in [0.1, 0.15) is 0 Å². The van der Waals surface area contributed by atoms with E-state index in [0.717, 1.165) is 31.6 Å². The van der Waals surface area contributed by atoms with Crippen molar-refractivity contribution in [2.24, 2.45) is 11.7 Å². The second kappa shape index (κ2) is 6.25. The third-order valence-corrected chi connectivity index (χ3v) is 4.10. The summed E-state index contributed by atoms with van der Waals surface area (Å²) in [6, 6.07) is 0.246. The monoisotopic (exact) mass is 285 g/mol. The molecule has 0 aromatic carbocycles. The van der Waals surface area contributed by atoms with Gasteiger partial charge in [-0.3, -0.25) is 4.68 Å². The van der Waals surface area contributed by atoms with Crippen LogP contribution < -0.4 is 5.73 Å². The first-order valence-corrected chi connectivity index (χ1v) is 7.50. The van der Waals surface area contributed by atoms with Crippen molar-refractivity contribution in [3.05, 3.63) is 16.9 Å². The van der Waals surface area contributed by atoms with Gasteiger partial charge in [-0.05, 0) is 46.0 Å². The SMILES string of the molecule is CCOC1CC(CC(N)c2c(Cl)cnn2C(C)C)C1. The van der Waals surface area contributed by atoms with Gasteiger partial charge in [0.15, 0.2) is 0 Å². The highest BCUT2D eigenvalue weighted by Crippen LogP contribution is 2.37. The zero-order valence-electron chi connectivity index (χ0n) is 12.0. The second-order valence-corrected chi connectivity index (χ2v) is 6.08. The highest BCUT2D eigenvalue weighted by atomic mass is 35.5. The maximum atomic E-state index is 6.32. The number of nitrogens with two attached hydrogens (primary N) is 1. The first-order chi connectivity index (χ1) is 9.02. The Balaban J connectivity index is 1.94. The van der Waals surface area contributed by atoms with Gasteiger partial charge in [0.25, 0.3) is 0 Å². The maximum Gasteiger partial charge on any atom is 0.0834 e. The van der Waals surface area contributed by atoms with Gasteiger partial charge in [0, 0.05) is 18.7 Å². The summed E-state index contributed by atoms with van der Waals surface area (Å²) in [5.74, 6) is 0.651. The Labute approximate surface area is 120 Å². The van der Waals surface area contributed by atoms with Gasteiger partial charge in [-0.15, -0.1) is 0 Å². The fourth-order valence-corrected chi connectivity index (χ4v) is 3.09. The van der Waals surface area contributed by atoms with E-state index in [9.17, 15) is 0 Å². The average Bonchev–Trinajstić information content (AvgIpc) is 2.68. The molecule has 0 amide bonds. The Kier molecular flexibility index (Phi) is 4.87. The molecule has 2 rings (SSSR count). The van der Waals surface area contributed by atoms with Crippen molar-refractivity contribution in [2.75, 3.05) is 6.61 Å². The molecular weight excluding hydrogens is 262 g/mol. The van der Waals surface area contributed by atoms with Gasteiger partial charge in [-0.2, -0.15) is 5.10 Å². The zero-order chi connectivity index (χ0) is 14.0. The molecule has 5 heteroatoms. The first-order valence-electron chi connectivity index (χ1n) is 7.13. The summed E-state index contributed by atoms with van der Waals surface area (Å²) >= 11 is 6.22. The van der Waals surface area contributed by atoms with Crippen molar-refractivity contribution in [1.82, 2.24) is 9.78 Å². The molecule has 1 fully saturated rings. The van der Waals surface area contributed by atoms with Crippen molar-refractivity contribution in [2.45, 2.75) is 58.2 Å². The van der Waals surface area contributed by atoms with E-state index in [-0.39, 0.29) is 12.1 Å². The molecule has 1 saturated carbocycles. The summed E-state index contributed by atoms with van der Waals surface area (Å²) < 4.78 is 7.52. The Morgan fingerprint density at radius 2 is 2.21 bits per heavy atom. The van der Waals surface area contributed by atoms with Gasteiger partial charge in [0.2, 0.25) is 0 Å². The molecule has 1 aromatic heterocycles. The van der Waals surface area contributed by atoms with E-state index in [2.05, 4.69) is 18.9 Å². The fraction of sp³-hybridized carbons (Fsp3) is 0.786. The van der Waals surface area contributed by atoms with Gasteiger partial charge in [0.05, 0.1) is 23.0 Å². The number of halogens is 1. The minimum atomic E-state index is -0.0371. The third kappa shape index (κ3) is 3.30. The van der Waals surface area contributed by atoms with E-state index in [1.807, 2.05) is 11.6 Å². The highest BCUT2D eigenvalue weighted by Gasteiger charge is 2.32. The van der Waals surface area contributed by atoms with Crippen molar-refractivity contribution in [3.63, 3.8) is 0 Å². The van der Waals surface area contributed by atoms with Crippen molar-refractivity contribution < 1.29 is 4.74 Å². The van der Waals surface area contributed by atoms with E-state index >= 15 is 0 Å². The molecule has 0 spiro atoms. The van der Waals surface area contributed by atoms with Gasteiger partial charge >= 0.3 is 0 Å². The lowest BCUT2D eigenvalue weighted by molar-refractivity contribution is -0.0283. The van der Waals surface area contributed by atoms with Crippen LogP contribution in [0.25, 0.3) is 0 Å². The molecule has 1 aliphatic rings. The molecule has 0 aliphatic heterocycles. The van der Waals surface area contributed by atoms with E-state index in [1.54, 1.807) is 6.20 Å². The highest BCUT2D eigenvalue weighted by molar-refractivity contribution is 6.31. The summed E-state index contributed by atoms with van der Waals surface area (Å²) in [5.41, 5.74) is 7.29. The predicted molar refractivity (Wildman–Crippen MR) is 77.3 cm³/mol. The predicted octanol–water partition coefficient (Wildman–Crippen LogP) is 3.32. The van der Waals surface area contributed by atoms with Crippen LogP contribution >= 0.6 is 11.6 Å². The van der Waals surface area contributed by atoms with Crippen LogP contribution in [-0.2, 0) is 4.74 Å². The standard InChI is InChI=1S/C14H24ClN3O/c1-4-19-11-5-10(6-11)7-13(16)14-12(15)8-17-18(14)9(2)3/h8-11,13H,4-7,16H2,1-3H3. The number of nitrogens with zero attached hydrogens (tertiary/aromatic N) is 2. The van der Waals surface area contributed by atoms with Gasteiger partial charge < -0.3 is 10.5 Å². The van der Waals surface area contributed by atoms with Crippen LogP contribution in [0.15, 0.2) is 6.20 Å². The molecule has 1 heterocycles. The van der Waals surface area contributed by atoms with Crippen LogP contribution in [0.4, 0.5) is 0 Å². The molecule has 0 saturated heterocycles. The van der Waals surface area contributed by atoms with Crippen LogP contribution in [-0.4, -0.2) is 22.5 Å². The Morgan fingerprint density at radius 1 is 1.53 bits per heavy atom.